The number of hydrogen-bond donors (Lipinski definition) is 1. The number of nitrogens with zero attached hydrogens (tertiary/aromatic N) is 2. The Morgan fingerprint density at radius 3 is 2.56 bits per heavy atom. The minimum absolute atomic E-state index is 0.802. The molecule has 1 N–H and O–H groups in total. The molecule has 0 aliphatic rings. The monoisotopic (exact) mass is 279 g/mol. The fourth-order valence-electron chi connectivity index (χ4n) is 1.49. The van der Waals surface area contributed by atoms with Gasteiger partial charge in [0, 0.05) is 30.8 Å². The van der Waals surface area contributed by atoms with Gasteiger partial charge in [0.2, 0.25) is 0 Å². The van der Waals surface area contributed by atoms with E-state index in [1.165, 1.54) is 5.56 Å². The van der Waals surface area contributed by atoms with Crippen LogP contribution < -0.4 is 5.32 Å². The van der Waals surface area contributed by atoms with E-state index in [0.717, 1.165) is 23.3 Å². The molecule has 0 atom stereocenters. The van der Waals surface area contributed by atoms with Gasteiger partial charge in [-0.3, -0.25) is 4.68 Å². The molecule has 0 aliphatic heterocycles. The number of aromatic nitrogens is 2. The topological polar surface area (TPSA) is 29.9 Å². The van der Waals surface area contributed by atoms with Gasteiger partial charge in [-0.15, -0.1) is 0 Å². The minimum atomic E-state index is 0.802. The summed E-state index contributed by atoms with van der Waals surface area (Å²) in [7, 11) is 1.93. The van der Waals surface area contributed by atoms with E-state index in [0.29, 0.717) is 0 Å². The van der Waals surface area contributed by atoms with E-state index < -0.39 is 0 Å². The standard InChI is InChI=1S/C12H14BrN3/c1-16-7-6-12(15-16)9-14-8-10-2-4-11(13)5-3-10/h2-7,14H,8-9H2,1H3. The quantitative estimate of drug-likeness (QED) is 0.932. The summed E-state index contributed by atoms with van der Waals surface area (Å²) in [5, 5.41) is 7.66. The molecule has 16 heavy (non-hydrogen) atoms. The van der Waals surface area contributed by atoms with Gasteiger partial charge in [-0.25, -0.2) is 0 Å². The molecular formula is C12H14BrN3. The Kier molecular flexibility index (Phi) is 3.74. The van der Waals surface area contributed by atoms with Crippen molar-refractivity contribution in [2.24, 2.45) is 7.05 Å². The van der Waals surface area contributed by atoms with Crippen LogP contribution in [0, 0.1) is 0 Å². The van der Waals surface area contributed by atoms with Crippen molar-refractivity contribution in [3.63, 3.8) is 0 Å². The molecule has 0 bridgehead atoms. The maximum atomic E-state index is 4.30. The maximum absolute atomic E-state index is 4.30. The van der Waals surface area contributed by atoms with Crippen LogP contribution in [0.4, 0.5) is 0 Å². The Bertz CT molecular complexity index is 448. The highest BCUT2D eigenvalue weighted by Gasteiger charge is 1.96. The van der Waals surface area contributed by atoms with Crippen LogP contribution in [-0.4, -0.2) is 9.78 Å². The summed E-state index contributed by atoms with van der Waals surface area (Å²) >= 11 is 3.42. The van der Waals surface area contributed by atoms with Gasteiger partial charge in [-0.05, 0) is 23.8 Å². The predicted molar refractivity (Wildman–Crippen MR) is 67.9 cm³/mol. The van der Waals surface area contributed by atoms with Gasteiger partial charge in [0.15, 0.2) is 0 Å². The van der Waals surface area contributed by atoms with Gasteiger partial charge in [-0.1, -0.05) is 28.1 Å². The van der Waals surface area contributed by atoms with Crippen LogP contribution in [0.15, 0.2) is 41.0 Å². The molecular weight excluding hydrogens is 266 g/mol. The molecule has 1 aromatic heterocycles. The predicted octanol–water partition coefficient (Wildman–Crippen LogP) is 2.47. The van der Waals surface area contributed by atoms with Crippen LogP contribution in [0.1, 0.15) is 11.3 Å². The van der Waals surface area contributed by atoms with Crippen LogP contribution >= 0.6 is 15.9 Å². The average Bonchev–Trinajstić information content (AvgIpc) is 2.67. The van der Waals surface area contributed by atoms with Crippen LogP contribution in [0.5, 0.6) is 0 Å². The first kappa shape index (κ1) is 11.4. The first-order valence-corrected chi connectivity index (χ1v) is 5.97. The SMILES string of the molecule is Cn1ccc(CNCc2ccc(Br)cc2)n1. The van der Waals surface area contributed by atoms with E-state index in [2.05, 4.69) is 50.6 Å². The van der Waals surface area contributed by atoms with Crippen molar-refractivity contribution in [1.29, 1.82) is 0 Å². The van der Waals surface area contributed by atoms with E-state index in [-0.39, 0.29) is 0 Å². The molecule has 0 amide bonds. The minimum Gasteiger partial charge on any atom is -0.307 e. The van der Waals surface area contributed by atoms with Crippen molar-refractivity contribution in [3.8, 4) is 0 Å². The summed E-state index contributed by atoms with van der Waals surface area (Å²) < 4.78 is 2.93. The van der Waals surface area contributed by atoms with Crippen molar-refractivity contribution < 1.29 is 0 Å². The summed E-state index contributed by atoms with van der Waals surface area (Å²) in [6.07, 6.45) is 1.96. The highest BCUT2D eigenvalue weighted by Crippen LogP contribution is 2.10. The van der Waals surface area contributed by atoms with Crippen molar-refractivity contribution >= 4 is 15.9 Å². The first-order valence-electron chi connectivity index (χ1n) is 5.18. The van der Waals surface area contributed by atoms with Gasteiger partial charge in [0.25, 0.3) is 0 Å². The lowest BCUT2D eigenvalue weighted by molar-refractivity contribution is 0.656. The molecule has 0 spiro atoms. The zero-order valence-electron chi connectivity index (χ0n) is 9.15. The number of benzene rings is 1. The summed E-state index contributed by atoms with van der Waals surface area (Å²) in [4.78, 5) is 0. The molecule has 1 aromatic carbocycles. The largest absolute Gasteiger partial charge is 0.307 e. The smallest absolute Gasteiger partial charge is 0.0762 e. The molecule has 0 saturated carbocycles. The molecule has 2 rings (SSSR count). The molecule has 4 heteroatoms. The second kappa shape index (κ2) is 5.27. The molecule has 84 valence electrons. The third kappa shape index (κ3) is 3.18. The number of nitrogens with one attached hydrogen (secondary N) is 1. The van der Waals surface area contributed by atoms with Crippen LogP contribution in [-0.2, 0) is 20.1 Å². The van der Waals surface area contributed by atoms with Crippen LogP contribution in [0.3, 0.4) is 0 Å². The number of rotatable bonds is 4. The number of halogens is 1. The Labute approximate surface area is 104 Å². The Morgan fingerprint density at radius 1 is 1.19 bits per heavy atom. The second-order valence-corrected chi connectivity index (χ2v) is 4.63. The number of hydrogen-bond acceptors (Lipinski definition) is 2. The van der Waals surface area contributed by atoms with Gasteiger partial charge in [-0.2, -0.15) is 5.10 Å². The second-order valence-electron chi connectivity index (χ2n) is 3.71. The van der Waals surface area contributed by atoms with E-state index >= 15 is 0 Å². The average molecular weight is 280 g/mol. The van der Waals surface area contributed by atoms with Gasteiger partial charge >= 0.3 is 0 Å². The first-order chi connectivity index (χ1) is 7.74. The fourth-order valence-corrected chi connectivity index (χ4v) is 1.76. The third-order valence-electron chi connectivity index (χ3n) is 2.32. The Balaban J connectivity index is 1.82. The third-order valence-corrected chi connectivity index (χ3v) is 2.85. The van der Waals surface area contributed by atoms with Crippen LogP contribution in [0.25, 0.3) is 0 Å². The summed E-state index contributed by atoms with van der Waals surface area (Å²) in [5.74, 6) is 0. The highest BCUT2D eigenvalue weighted by atomic mass is 79.9. The lowest BCUT2D eigenvalue weighted by atomic mass is 10.2. The fraction of sp³-hybridized carbons (Fsp3) is 0.250. The molecule has 0 unspecified atom stereocenters. The summed E-state index contributed by atoms with van der Waals surface area (Å²) in [6.45, 7) is 1.67. The lowest BCUT2D eigenvalue weighted by Crippen LogP contribution is -2.13. The van der Waals surface area contributed by atoms with Crippen molar-refractivity contribution in [2.75, 3.05) is 0 Å². The van der Waals surface area contributed by atoms with Crippen molar-refractivity contribution in [1.82, 2.24) is 15.1 Å². The van der Waals surface area contributed by atoms with Gasteiger partial charge in [0.1, 0.15) is 0 Å². The zero-order valence-corrected chi connectivity index (χ0v) is 10.7. The van der Waals surface area contributed by atoms with Crippen molar-refractivity contribution in [3.05, 3.63) is 52.3 Å². The van der Waals surface area contributed by atoms with E-state index in [1.54, 1.807) is 0 Å². The Hall–Kier alpha value is -1.13. The molecule has 0 saturated heterocycles. The van der Waals surface area contributed by atoms with Gasteiger partial charge < -0.3 is 5.32 Å². The molecule has 1 heterocycles. The highest BCUT2D eigenvalue weighted by molar-refractivity contribution is 9.10. The number of aryl methyl sites for hydroxylation is 1. The van der Waals surface area contributed by atoms with Gasteiger partial charge in [0.05, 0.1) is 5.69 Å². The van der Waals surface area contributed by atoms with E-state index in [1.807, 2.05) is 24.0 Å². The summed E-state index contributed by atoms with van der Waals surface area (Å²) in [5.41, 5.74) is 2.35. The lowest BCUT2D eigenvalue weighted by Gasteiger charge is -2.03. The van der Waals surface area contributed by atoms with Crippen molar-refractivity contribution in [2.45, 2.75) is 13.1 Å². The zero-order chi connectivity index (χ0) is 11.4. The summed E-state index contributed by atoms with van der Waals surface area (Å²) in [6, 6.07) is 10.3. The van der Waals surface area contributed by atoms with Crippen LogP contribution in [0.2, 0.25) is 0 Å². The maximum Gasteiger partial charge on any atom is 0.0762 e. The molecule has 0 fully saturated rings. The Morgan fingerprint density at radius 2 is 1.94 bits per heavy atom. The molecule has 0 aliphatic carbocycles. The van der Waals surface area contributed by atoms with E-state index in [9.17, 15) is 0 Å². The van der Waals surface area contributed by atoms with E-state index in [4.69, 9.17) is 0 Å². The molecule has 2 aromatic rings. The molecule has 0 radical (unpaired) electrons. The molecule has 3 nitrogen and oxygen atoms in total. The normalized spacial score (nSPS) is 10.6.